The van der Waals surface area contributed by atoms with Crippen LogP contribution in [0.15, 0.2) is 28.8 Å². The van der Waals surface area contributed by atoms with E-state index in [4.69, 9.17) is 25.6 Å². The van der Waals surface area contributed by atoms with E-state index in [-0.39, 0.29) is 28.9 Å². The second-order valence-corrected chi connectivity index (χ2v) is 9.99. The minimum Gasteiger partial charge on any atom is -0.487 e. The first-order valence-corrected chi connectivity index (χ1v) is 11.0. The van der Waals surface area contributed by atoms with Crippen molar-refractivity contribution in [2.24, 2.45) is 11.3 Å². The molecule has 4 heterocycles. The summed E-state index contributed by atoms with van der Waals surface area (Å²) in [6.07, 6.45) is 2.83. The monoisotopic (exact) mass is 430 g/mol. The fraction of sp³-hybridized carbons (Fsp3) is 0.565. The molecule has 30 heavy (non-hydrogen) atoms. The van der Waals surface area contributed by atoms with Crippen molar-refractivity contribution >= 4 is 17.5 Å². The number of amides is 1. The lowest BCUT2D eigenvalue weighted by atomic mass is 9.64. The van der Waals surface area contributed by atoms with Crippen LogP contribution < -0.4 is 4.74 Å². The van der Waals surface area contributed by atoms with Crippen molar-refractivity contribution in [1.29, 1.82) is 0 Å². The minimum absolute atomic E-state index is 0.00935. The quantitative estimate of drug-likeness (QED) is 0.649. The molecule has 3 aliphatic rings. The molecule has 0 saturated carbocycles. The summed E-state index contributed by atoms with van der Waals surface area (Å²) in [5.74, 6) is 1.34. The molecule has 2 fully saturated rings. The standard InChI is InChI=1S/C23H27ClN2O4/c1-14-10-19(30-25-14)21(27)26-8-6-23(7-9-26)12-17-20(28-13-23)16-11-15(24)4-5-18(16)29-22(17,2)3/h4-5,10-11,17,20H,6-9,12-13H2,1-3H3/t17-,20+/m0/s1. The number of carbonyl (C=O) groups is 1. The highest BCUT2D eigenvalue weighted by molar-refractivity contribution is 6.30. The molecule has 160 valence electrons. The molecule has 0 bridgehead atoms. The van der Waals surface area contributed by atoms with Crippen LogP contribution >= 0.6 is 11.6 Å². The van der Waals surface area contributed by atoms with E-state index in [1.165, 1.54) is 0 Å². The van der Waals surface area contributed by atoms with Gasteiger partial charge in [0.2, 0.25) is 5.76 Å². The Kier molecular flexibility index (Phi) is 4.63. The number of nitrogens with zero attached hydrogens (tertiary/aromatic N) is 2. The predicted octanol–water partition coefficient (Wildman–Crippen LogP) is 4.81. The molecular weight excluding hydrogens is 404 g/mol. The van der Waals surface area contributed by atoms with Crippen molar-refractivity contribution < 1.29 is 18.8 Å². The van der Waals surface area contributed by atoms with Crippen molar-refractivity contribution in [3.63, 3.8) is 0 Å². The maximum Gasteiger partial charge on any atom is 0.292 e. The van der Waals surface area contributed by atoms with Gasteiger partial charge in [-0.15, -0.1) is 0 Å². The largest absolute Gasteiger partial charge is 0.487 e. The summed E-state index contributed by atoms with van der Waals surface area (Å²) < 4.78 is 18.0. The van der Waals surface area contributed by atoms with Gasteiger partial charge in [0, 0.05) is 35.7 Å². The number of hydrogen-bond donors (Lipinski definition) is 0. The Balaban J connectivity index is 1.32. The van der Waals surface area contributed by atoms with Gasteiger partial charge in [-0.2, -0.15) is 0 Å². The van der Waals surface area contributed by atoms with Crippen LogP contribution in [0.4, 0.5) is 0 Å². The van der Waals surface area contributed by atoms with Gasteiger partial charge in [0.1, 0.15) is 11.4 Å². The van der Waals surface area contributed by atoms with E-state index < -0.39 is 0 Å². The van der Waals surface area contributed by atoms with E-state index in [0.717, 1.165) is 36.3 Å². The topological polar surface area (TPSA) is 64.8 Å². The van der Waals surface area contributed by atoms with Crippen LogP contribution in [0.2, 0.25) is 5.02 Å². The lowest BCUT2D eigenvalue weighted by Crippen LogP contribution is -2.54. The number of piperidine rings is 1. The molecule has 5 rings (SSSR count). The third-order valence-corrected chi connectivity index (χ3v) is 7.32. The first kappa shape index (κ1) is 19.9. The van der Waals surface area contributed by atoms with Crippen LogP contribution in [0.5, 0.6) is 5.75 Å². The van der Waals surface area contributed by atoms with Gasteiger partial charge in [0.25, 0.3) is 5.91 Å². The van der Waals surface area contributed by atoms with Gasteiger partial charge in [-0.05, 0) is 63.6 Å². The van der Waals surface area contributed by atoms with Crippen molar-refractivity contribution in [2.45, 2.75) is 51.7 Å². The Morgan fingerprint density at radius 3 is 2.70 bits per heavy atom. The van der Waals surface area contributed by atoms with E-state index in [2.05, 4.69) is 19.0 Å². The number of ether oxygens (including phenoxy) is 2. The fourth-order valence-electron chi connectivity index (χ4n) is 5.28. The first-order valence-electron chi connectivity index (χ1n) is 10.6. The van der Waals surface area contributed by atoms with Gasteiger partial charge in [-0.1, -0.05) is 16.8 Å². The van der Waals surface area contributed by atoms with Gasteiger partial charge in [-0.25, -0.2) is 0 Å². The molecule has 6 nitrogen and oxygen atoms in total. The van der Waals surface area contributed by atoms with Gasteiger partial charge >= 0.3 is 0 Å². The highest BCUT2D eigenvalue weighted by Crippen LogP contribution is 2.55. The number of hydrogen-bond acceptors (Lipinski definition) is 5. The molecule has 0 N–H and O–H groups in total. The van der Waals surface area contributed by atoms with Gasteiger partial charge in [-0.3, -0.25) is 4.79 Å². The molecule has 0 aliphatic carbocycles. The minimum atomic E-state index is -0.330. The van der Waals surface area contributed by atoms with Crippen LogP contribution in [0, 0.1) is 18.3 Å². The smallest absolute Gasteiger partial charge is 0.292 e. The van der Waals surface area contributed by atoms with Crippen molar-refractivity contribution in [3.8, 4) is 5.75 Å². The number of aromatic nitrogens is 1. The van der Waals surface area contributed by atoms with Gasteiger partial charge in [0.15, 0.2) is 0 Å². The molecule has 7 heteroatoms. The maximum absolute atomic E-state index is 12.7. The second kappa shape index (κ2) is 6.99. The molecule has 3 aliphatic heterocycles. The molecule has 1 aromatic carbocycles. The number of benzene rings is 1. The number of carbonyl (C=O) groups excluding carboxylic acids is 1. The number of aryl methyl sites for hydroxylation is 1. The molecule has 1 spiro atoms. The van der Waals surface area contributed by atoms with E-state index in [1.807, 2.05) is 30.0 Å². The number of likely N-dealkylation sites (tertiary alicyclic amines) is 1. The molecule has 1 amide bonds. The molecular formula is C23H27ClN2O4. The third-order valence-electron chi connectivity index (χ3n) is 7.08. The van der Waals surface area contributed by atoms with E-state index >= 15 is 0 Å². The highest BCUT2D eigenvalue weighted by atomic mass is 35.5. The zero-order valence-electron chi connectivity index (χ0n) is 17.6. The van der Waals surface area contributed by atoms with E-state index in [1.54, 1.807) is 6.07 Å². The van der Waals surface area contributed by atoms with Gasteiger partial charge in [0.05, 0.1) is 18.4 Å². The van der Waals surface area contributed by atoms with Crippen molar-refractivity contribution in [3.05, 3.63) is 46.3 Å². The lowest BCUT2D eigenvalue weighted by molar-refractivity contribution is -0.173. The Morgan fingerprint density at radius 1 is 1.23 bits per heavy atom. The Bertz CT molecular complexity index is 977. The number of fused-ring (bicyclic) bond motifs is 3. The number of halogens is 1. The van der Waals surface area contributed by atoms with Crippen LogP contribution in [0.3, 0.4) is 0 Å². The molecule has 2 saturated heterocycles. The molecule has 0 radical (unpaired) electrons. The summed E-state index contributed by atoms with van der Waals surface area (Å²) in [6, 6.07) is 7.48. The van der Waals surface area contributed by atoms with Crippen LogP contribution in [-0.2, 0) is 4.74 Å². The van der Waals surface area contributed by atoms with Crippen molar-refractivity contribution in [2.75, 3.05) is 19.7 Å². The zero-order valence-corrected chi connectivity index (χ0v) is 18.4. The molecule has 1 aromatic heterocycles. The summed E-state index contributed by atoms with van der Waals surface area (Å²) in [7, 11) is 0. The Morgan fingerprint density at radius 2 is 2.00 bits per heavy atom. The second-order valence-electron chi connectivity index (χ2n) is 9.55. The summed E-state index contributed by atoms with van der Waals surface area (Å²) in [5, 5.41) is 4.54. The predicted molar refractivity (Wildman–Crippen MR) is 112 cm³/mol. The van der Waals surface area contributed by atoms with Crippen LogP contribution in [0.1, 0.15) is 61.0 Å². The molecule has 2 aromatic rings. The zero-order chi connectivity index (χ0) is 21.1. The Labute approximate surface area is 181 Å². The molecule has 2 atom stereocenters. The third kappa shape index (κ3) is 3.30. The average molecular weight is 431 g/mol. The summed E-state index contributed by atoms with van der Waals surface area (Å²) in [4.78, 5) is 14.6. The molecule has 0 unspecified atom stereocenters. The highest BCUT2D eigenvalue weighted by Gasteiger charge is 2.53. The number of rotatable bonds is 1. The maximum atomic E-state index is 12.7. The SMILES string of the molecule is Cc1cc(C(=O)N2CCC3(CC2)CO[C@@H]2c4cc(Cl)ccc4OC(C)(C)[C@H]2C3)on1. The van der Waals surface area contributed by atoms with Crippen molar-refractivity contribution in [1.82, 2.24) is 10.1 Å². The fourth-order valence-corrected chi connectivity index (χ4v) is 5.46. The van der Waals surface area contributed by atoms with E-state index in [0.29, 0.717) is 30.5 Å². The van der Waals surface area contributed by atoms with Gasteiger partial charge < -0.3 is 18.9 Å². The van der Waals surface area contributed by atoms with E-state index in [9.17, 15) is 4.79 Å². The lowest BCUT2D eigenvalue weighted by Gasteiger charge is -2.54. The first-order chi connectivity index (χ1) is 14.3. The van der Waals surface area contributed by atoms with Crippen LogP contribution in [0.25, 0.3) is 0 Å². The summed E-state index contributed by atoms with van der Waals surface area (Å²) >= 11 is 6.26. The summed E-state index contributed by atoms with van der Waals surface area (Å²) in [5.41, 5.74) is 1.50. The van der Waals surface area contributed by atoms with Crippen LogP contribution in [-0.4, -0.2) is 41.3 Å². The summed E-state index contributed by atoms with van der Waals surface area (Å²) in [6.45, 7) is 8.21. The Hall–Kier alpha value is -2.05. The normalized spacial score (nSPS) is 26.6. The average Bonchev–Trinajstić information content (AvgIpc) is 3.15.